The molecule has 0 spiro atoms. The van der Waals surface area contributed by atoms with E-state index in [9.17, 15) is 5.11 Å². The van der Waals surface area contributed by atoms with Gasteiger partial charge in [0.05, 0.1) is 18.9 Å². The normalized spacial score (nSPS) is 25.2. The van der Waals surface area contributed by atoms with Crippen LogP contribution in [-0.2, 0) is 4.74 Å². The van der Waals surface area contributed by atoms with E-state index in [1.807, 2.05) is 26.4 Å². The fourth-order valence-corrected chi connectivity index (χ4v) is 4.06. The Morgan fingerprint density at radius 1 is 1.27 bits per heavy atom. The van der Waals surface area contributed by atoms with E-state index >= 15 is 0 Å². The Labute approximate surface area is 154 Å². The van der Waals surface area contributed by atoms with Crippen molar-refractivity contribution in [3.63, 3.8) is 0 Å². The number of nitrogens with zero attached hydrogens (tertiary/aromatic N) is 4. The summed E-state index contributed by atoms with van der Waals surface area (Å²) in [6.45, 7) is 3.18. The highest BCUT2D eigenvalue weighted by Crippen LogP contribution is 2.42. The van der Waals surface area contributed by atoms with E-state index in [1.54, 1.807) is 0 Å². The zero-order valence-corrected chi connectivity index (χ0v) is 15.4. The second-order valence-corrected chi connectivity index (χ2v) is 7.62. The van der Waals surface area contributed by atoms with Gasteiger partial charge < -0.3 is 19.6 Å². The zero-order valence-electron chi connectivity index (χ0n) is 15.4. The fourth-order valence-electron chi connectivity index (χ4n) is 4.06. The van der Waals surface area contributed by atoms with Crippen molar-refractivity contribution in [2.45, 2.75) is 6.42 Å². The van der Waals surface area contributed by atoms with Gasteiger partial charge in [-0.2, -0.15) is 0 Å². The number of aliphatic hydroxyl groups excluding tert-OH is 1. The molecule has 1 aromatic carbocycles. The third-order valence-corrected chi connectivity index (χ3v) is 5.73. The average Bonchev–Trinajstić information content (AvgIpc) is 3.08. The van der Waals surface area contributed by atoms with Gasteiger partial charge in [0.2, 0.25) is 5.95 Å². The maximum Gasteiger partial charge on any atom is 0.225 e. The lowest BCUT2D eigenvalue weighted by atomic mass is 9.76. The second kappa shape index (κ2) is 6.85. The molecular weight excluding hydrogens is 328 g/mol. The summed E-state index contributed by atoms with van der Waals surface area (Å²) in [5, 5.41) is 9.97. The molecule has 2 aliphatic rings. The minimum Gasteiger partial charge on any atom is -0.396 e. The van der Waals surface area contributed by atoms with Crippen molar-refractivity contribution >= 4 is 11.6 Å². The van der Waals surface area contributed by atoms with Crippen molar-refractivity contribution in [3.05, 3.63) is 36.5 Å². The molecule has 2 atom stereocenters. The molecule has 2 aliphatic heterocycles. The van der Waals surface area contributed by atoms with Crippen molar-refractivity contribution in [2.75, 3.05) is 56.8 Å². The van der Waals surface area contributed by atoms with Crippen LogP contribution in [0.4, 0.5) is 11.6 Å². The van der Waals surface area contributed by atoms with Crippen LogP contribution >= 0.6 is 0 Å². The lowest BCUT2D eigenvalue weighted by molar-refractivity contribution is -0.0543. The molecule has 0 amide bonds. The van der Waals surface area contributed by atoms with Crippen LogP contribution in [0.2, 0.25) is 0 Å². The molecule has 4 rings (SSSR count). The highest BCUT2D eigenvalue weighted by molar-refractivity contribution is 5.63. The molecule has 138 valence electrons. The third-order valence-electron chi connectivity index (χ3n) is 5.73. The molecule has 0 bridgehead atoms. The van der Waals surface area contributed by atoms with Crippen LogP contribution in [0.25, 0.3) is 11.3 Å². The second-order valence-electron chi connectivity index (χ2n) is 7.62. The van der Waals surface area contributed by atoms with E-state index in [1.165, 1.54) is 0 Å². The van der Waals surface area contributed by atoms with Crippen LogP contribution < -0.4 is 9.80 Å². The molecule has 2 fully saturated rings. The Kier molecular flexibility index (Phi) is 4.54. The first kappa shape index (κ1) is 17.2. The number of benzene rings is 1. The number of fused-ring (bicyclic) bond motifs is 1. The lowest BCUT2D eigenvalue weighted by Crippen LogP contribution is -2.43. The summed E-state index contributed by atoms with van der Waals surface area (Å²) in [4.78, 5) is 13.6. The first-order valence-corrected chi connectivity index (χ1v) is 9.16. The summed E-state index contributed by atoms with van der Waals surface area (Å²) in [5.74, 6) is 1.18. The smallest absolute Gasteiger partial charge is 0.225 e. The SMILES string of the molecule is CN(C)c1ccc(-c2ccnc(N3C[C@@H]4CCOC[C@]4(CO)C3)n2)cc1. The predicted octanol–water partition coefficient (Wildman–Crippen LogP) is 2.04. The Hall–Kier alpha value is -2.18. The van der Waals surface area contributed by atoms with Gasteiger partial charge in [-0.3, -0.25) is 0 Å². The molecule has 6 nitrogen and oxygen atoms in total. The standard InChI is InChI=1S/C20H26N4O2/c1-23(2)17-5-3-15(4-6-17)18-7-9-21-19(22-18)24-11-16-8-10-26-14-20(16,12-24)13-25/h3-7,9,16,25H,8,10-14H2,1-2H3/t16-,20+/m0/s1. The average molecular weight is 354 g/mol. The van der Waals surface area contributed by atoms with Crippen LogP contribution in [0.5, 0.6) is 0 Å². The summed E-state index contributed by atoms with van der Waals surface area (Å²) in [6, 6.07) is 10.3. The third kappa shape index (κ3) is 3.04. The van der Waals surface area contributed by atoms with Gasteiger partial charge in [-0.25, -0.2) is 9.97 Å². The topological polar surface area (TPSA) is 61.7 Å². The minimum atomic E-state index is -0.176. The molecule has 6 heteroatoms. The molecule has 2 saturated heterocycles. The molecule has 2 aromatic rings. The van der Waals surface area contributed by atoms with Gasteiger partial charge in [-0.05, 0) is 30.5 Å². The molecule has 3 heterocycles. The van der Waals surface area contributed by atoms with Gasteiger partial charge in [0, 0.05) is 56.7 Å². The van der Waals surface area contributed by atoms with Crippen molar-refractivity contribution in [2.24, 2.45) is 11.3 Å². The maximum absolute atomic E-state index is 9.97. The predicted molar refractivity (Wildman–Crippen MR) is 102 cm³/mol. The molecule has 0 saturated carbocycles. The van der Waals surface area contributed by atoms with Gasteiger partial charge in [0.15, 0.2) is 0 Å². The number of hydrogen-bond donors (Lipinski definition) is 1. The zero-order chi connectivity index (χ0) is 18.1. The number of rotatable bonds is 4. The summed E-state index contributed by atoms with van der Waals surface area (Å²) in [7, 11) is 4.07. The first-order chi connectivity index (χ1) is 12.6. The summed E-state index contributed by atoms with van der Waals surface area (Å²) < 4.78 is 5.65. The quantitative estimate of drug-likeness (QED) is 0.907. The van der Waals surface area contributed by atoms with Crippen LogP contribution in [0, 0.1) is 11.3 Å². The fraction of sp³-hybridized carbons (Fsp3) is 0.500. The van der Waals surface area contributed by atoms with E-state index in [0.29, 0.717) is 12.5 Å². The first-order valence-electron chi connectivity index (χ1n) is 9.16. The molecular formula is C20H26N4O2. The van der Waals surface area contributed by atoms with Crippen LogP contribution in [-0.4, -0.2) is 62.1 Å². The van der Waals surface area contributed by atoms with Crippen molar-refractivity contribution in [3.8, 4) is 11.3 Å². The van der Waals surface area contributed by atoms with Crippen LogP contribution in [0.1, 0.15) is 6.42 Å². The summed E-state index contributed by atoms with van der Waals surface area (Å²) in [5.41, 5.74) is 2.99. The molecule has 1 N–H and O–H groups in total. The number of hydrogen-bond acceptors (Lipinski definition) is 6. The molecule has 0 unspecified atom stereocenters. The van der Waals surface area contributed by atoms with Gasteiger partial charge in [0.25, 0.3) is 0 Å². The van der Waals surface area contributed by atoms with Crippen molar-refractivity contribution in [1.82, 2.24) is 9.97 Å². The van der Waals surface area contributed by atoms with E-state index in [2.05, 4.69) is 39.0 Å². The van der Waals surface area contributed by atoms with Crippen molar-refractivity contribution in [1.29, 1.82) is 0 Å². The van der Waals surface area contributed by atoms with Gasteiger partial charge in [-0.15, -0.1) is 0 Å². The number of aliphatic hydroxyl groups is 1. The van der Waals surface area contributed by atoms with Crippen LogP contribution in [0.3, 0.4) is 0 Å². The molecule has 0 aliphatic carbocycles. The van der Waals surface area contributed by atoms with Gasteiger partial charge in [0.1, 0.15) is 0 Å². The summed E-state index contributed by atoms with van der Waals surface area (Å²) >= 11 is 0. The molecule has 26 heavy (non-hydrogen) atoms. The van der Waals surface area contributed by atoms with Crippen molar-refractivity contribution < 1.29 is 9.84 Å². The Morgan fingerprint density at radius 2 is 2.08 bits per heavy atom. The Balaban J connectivity index is 1.58. The maximum atomic E-state index is 9.97. The number of aromatic nitrogens is 2. The number of ether oxygens (including phenoxy) is 1. The number of anilines is 2. The lowest BCUT2D eigenvalue weighted by Gasteiger charge is -2.36. The minimum absolute atomic E-state index is 0.153. The molecule has 1 aromatic heterocycles. The largest absolute Gasteiger partial charge is 0.396 e. The Bertz CT molecular complexity index is 765. The monoisotopic (exact) mass is 354 g/mol. The Morgan fingerprint density at radius 3 is 2.77 bits per heavy atom. The summed E-state index contributed by atoms with van der Waals surface area (Å²) in [6.07, 6.45) is 2.81. The van der Waals surface area contributed by atoms with Gasteiger partial charge >= 0.3 is 0 Å². The molecule has 0 radical (unpaired) electrons. The van der Waals surface area contributed by atoms with E-state index in [4.69, 9.17) is 9.72 Å². The van der Waals surface area contributed by atoms with E-state index < -0.39 is 0 Å². The van der Waals surface area contributed by atoms with Gasteiger partial charge in [-0.1, -0.05) is 12.1 Å². The van der Waals surface area contributed by atoms with Crippen LogP contribution in [0.15, 0.2) is 36.5 Å². The van der Waals surface area contributed by atoms with E-state index in [-0.39, 0.29) is 12.0 Å². The highest BCUT2D eigenvalue weighted by atomic mass is 16.5. The van der Waals surface area contributed by atoms with E-state index in [0.717, 1.165) is 49.0 Å². The highest BCUT2D eigenvalue weighted by Gasteiger charge is 2.48.